The third-order valence-corrected chi connectivity index (χ3v) is 4.55. The predicted octanol–water partition coefficient (Wildman–Crippen LogP) is 1.14. The maximum atomic E-state index is 12.9. The van der Waals surface area contributed by atoms with Crippen molar-refractivity contribution >= 4 is 5.91 Å². The number of aromatic amines is 2. The molecule has 0 aromatic carbocycles. The molecule has 2 N–H and O–H groups in total. The number of nitrogens with one attached hydrogen (secondary N) is 2. The summed E-state index contributed by atoms with van der Waals surface area (Å²) in [5.41, 5.74) is 3.69. The van der Waals surface area contributed by atoms with Gasteiger partial charge in [-0.2, -0.15) is 10.3 Å². The lowest BCUT2D eigenvalue weighted by atomic mass is 9.87. The Hall–Kier alpha value is -3.10. The average molecular weight is 352 g/mol. The molecule has 26 heavy (non-hydrogen) atoms. The van der Waals surface area contributed by atoms with Crippen LogP contribution in [0.15, 0.2) is 24.5 Å². The van der Waals surface area contributed by atoms with Gasteiger partial charge in [0.15, 0.2) is 0 Å². The van der Waals surface area contributed by atoms with E-state index in [0.29, 0.717) is 31.0 Å². The number of aromatic nitrogens is 7. The second-order valence-corrected chi connectivity index (χ2v) is 7.43. The zero-order valence-electron chi connectivity index (χ0n) is 14.7. The first-order valence-electron chi connectivity index (χ1n) is 8.48. The molecule has 0 spiro atoms. The van der Waals surface area contributed by atoms with Crippen molar-refractivity contribution < 1.29 is 4.79 Å². The van der Waals surface area contributed by atoms with Crippen LogP contribution in [0, 0.1) is 5.41 Å². The van der Waals surface area contributed by atoms with Crippen LogP contribution in [-0.4, -0.2) is 53.2 Å². The first-order valence-corrected chi connectivity index (χ1v) is 8.48. The van der Waals surface area contributed by atoms with E-state index >= 15 is 0 Å². The number of hydrogen-bond acceptors (Lipinski definition) is 6. The summed E-state index contributed by atoms with van der Waals surface area (Å²) in [7, 11) is 0. The number of amides is 1. The van der Waals surface area contributed by atoms with Crippen molar-refractivity contribution in [1.82, 2.24) is 40.7 Å². The second-order valence-electron chi connectivity index (χ2n) is 7.43. The van der Waals surface area contributed by atoms with Crippen molar-refractivity contribution in [1.29, 1.82) is 0 Å². The minimum absolute atomic E-state index is 0.00578. The van der Waals surface area contributed by atoms with Gasteiger partial charge in [-0.15, -0.1) is 10.2 Å². The fourth-order valence-corrected chi connectivity index (χ4v) is 3.33. The highest BCUT2D eigenvalue weighted by atomic mass is 16.2. The van der Waals surface area contributed by atoms with Crippen molar-refractivity contribution in [2.24, 2.45) is 5.41 Å². The summed E-state index contributed by atoms with van der Waals surface area (Å²) in [5, 5.41) is 20.9. The molecule has 0 bridgehead atoms. The fourth-order valence-electron chi connectivity index (χ4n) is 3.33. The minimum Gasteiger partial charge on any atom is -0.337 e. The van der Waals surface area contributed by atoms with Gasteiger partial charge in [-0.1, -0.05) is 19.9 Å². The number of H-pyrrole nitrogens is 2. The van der Waals surface area contributed by atoms with Crippen LogP contribution in [0.25, 0.3) is 11.5 Å². The third kappa shape index (κ3) is 3.32. The first kappa shape index (κ1) is 16.4. The summed E-state index contributed by atoms with van der Waals surface area (Å²) in [6, 6.07) is 3.68. The Morgan fingerprint density at radius 2 is 2.19 bits per heavy atom. The maximum absolute atomic E-state index is 12.9. The van der Waals surface area contributed by atoms with Gasteiger partial charge in [0.05, 0.1) is 12.6 Å². The number of carbonyl (C=O) groups is 1. The summed E-state index contributed by atoms with van der Waals surface area (Å²) >= 11 is 0. The van der Waals surface area contributed by atoms with E-state index in [2.05, 4.69) is 49.7 Å². The highest BCUT2D eigenvalue weighted by Crippen LogP contribution is 2.29. The summed E-state index contributed by atoms with van der Waals surface area (Å²) in [4.78, 5) is 19.1. The quantitative estimate of drug-likeness (QED) is 0.730. The Labute approximate surface area is 150 Å². The van der Waals surface area contributed by atoms with Gasteiger partial charge in [-0.25, -0.2) is 0 Å². The number of fused-ring (bicyclic) bond motifs is 1. The van der Waals surface area contributed by atoms with Crippen LogP contribution < -0.4 is 0 Å². The summed E-state index contributed by atoms with van der Waals surface area (Å²) in [6.45, 7) is 5.64. The predicted molar refractivity (Wildman–Crippen MR) is 92.6 cm³/mol. The van der Waals surface area contributed by atoms with Gasteiger partial charge in [0.25, 0.3) is 0 Å². The summed E-state index contributed by atoms with van der Waals surface area (Å²) in [5.74, 6) is 0.519. The van der Waals surface area contributed by atoms with Gasteiger partial charge in [-0.3, -0.25) is 14.9 Å². The van der Waals surface area contributed by atoms with Gasteiger partial charge in [0.2, 0.25) is 11.7 Å². The smallest absolute Gasteiger partial charge is 0.227 e. The molecule has 9 heteroatoms. The standard InChI is InChI=1S/C17H20N8O/c1-17(2)6-14-12(8-19-20-14)9-25(10-17)15(26)5-11-3-4-13(18-7-11)16-21-23-24-22-16/h3-4,7-8H,5-6,9-10H2,1-2H3,(H,19,20)(H,21,22,23,24). The van der Waals surface area contributed by atoms with E-state index in [1.165, 1.54) is 0 Å². The topological polar surface area (TPSA) is 116 Å². The van der Waals surface area contributed by atoms with Gasteiger partial charge in [0, 0.05) is 30.5 Å². The molecule has 0 saturated heterocycles. The van der Waals surface area contributed by atoms with E-state index in [9.17, 15) is 4.79 Å². The SMILES string of the molecule is CC1(C)Cc2[nH]ncc2CN(C(=O)Cc2ccc(-c3nn[nH]n3)nc2)C1. The van der Waals surface area contributed by atoms with E-state index in [0.717, 1.165) is 23.2 Å². The van der Waals surface area contributed by atoms with E-state index in [1.54, 1.807) is 12.3 Å². The van der Waals surface area contributed by atoms with Crippen LogP contribution in [0.3, 0.4) is 0 Å². The lowest BCUT2D eigenvalue weighted by molar-refractivity contribution is -0.132. The zero-order valence-corrected chi connectivity index (χ0v) is 14.7. The van der Waals surface area contributed by atoms with Crippen molar-refractivity contribution in [3.05, 3.63) is 41.3 Å². The number of tetrazole rings is 1. The maximum Gasteiger partial charge on any atom is 0.227 e. The van der Waals surface area contributed by atoms with Crippen LogP contribution in [0.2, 0.25) is 0 Å². The summed E-state index contributed by atoms with van der Waals surface area (Å²) in [6.07, 6.45) is 4.70. The van der Waals surface area contributed by atoms with Gasteiger partial charge in [-0.05, 0) is 28.7 Å². The molecule has 3 aromatic rings. The molecule has 1 amide bonds. The van der Waals surface area contributed by atoms with Crippen LogP contribution >= 0.6 is 0 Å². The van der Waals surface area contributed by atoms with Crippen LogP contribution in [0.4, 0.5) is 0 Å². The molecular formula is C17H20N8O. The molecule has 0 aliphatic carbocycles. The summed E-state index contributed by atoms with van der Waals surface area (Å²) < 4.78 is 0. The normalized spacial score (nSPS) is 16.2. The Balaban J connectivity index is 1.49. The molecule has 1 aliphatic heterocycles. The van der Waals surface area contributed by atoms with E-state index in [-0.39, 0.29) is 11.3 Å². The molecule has 3 aromatic heterocycles. The lowest BCUT2D eigenvalue weighted by Crippen LogP contribution is -2.38. The first-order chi connectivity index (χ1) is 12.5. The van der Waals surface area contributed by atoms with Gasteiger partial charge >= 0.3 is 0 Å². The Kier molecular flexibility index (Phi) is 3.98. The average Bonchev–Trinajstić information content (AvgIpc) is 3.25. The number of hydrogen-bond donors (Lipinski definition) is 2. The monoisotopic (exact) mass is 352 g/mol. The Bertz CT molecular complexity index is 897. The molecule has 4 heterocycles. The third-order valence-electron chi connectivity index (χ3n) is 4.55. The molecule has 9 nitrogen and oxygen atoms in total. The molecule has 1 aliphatic rings. The van der Waals surface area contributed by atoms with Crippen LogP contribution in [0.1, 0.15) is 30.7 Å². The largest absolute Gasteiger partial charge is 0.337 e. The molecule has 0 fully saturated rings. The van der Waals surface area contributed by atoms with Crippen LogP contribution in [-0.2, 0) is 24.2 Å². The number of nitrogens with zero attached hydrogens (tertiary/aromatic N) is 6. The molecule has 0 unspecified atom stereocenters. The Morgan fingerprint density at radius 1 is 1.31 bits per heavy atom. The number of pyridine rings is 1. The molecule has 0 saturated carbocycles. The van der Waals surface area contributed by atoms with E-state index < -0.39 is 0 Å². The lowest BCUT2D eigenvalue weighted by Gasteiger charge is -2.29. The zero-order chi connectivity index (χ0) is 18.1. The van der Waals surface area contributed by atoms with Gasteiger partial charge in [0.1, 0.15) is 5.69 Å². The molecular weight excluding hydrogens is 332 g/mol. The number of carbonyl (C=O) groups excluding carboxylic acids is 1. The number of rotatable bonds is 3. The molecule has 4 rings (SSSR count). The Morgan fingerprint density at radius 3 is 2.92 bits per heavy atom. The van der Waals surface area contributed by atoms with E-state index in [1.807, 2.05) is 17.2 Å². The minimum atomic E-state index is -0.00578. The van der Waals surface area contributed by atoms with Crippen molar-refractivity contribution in [3.8, 4) is 11.5 Å². The second kappa shape index (κ2) is 6.32. The van der Waals surface area contributed by atoms with Crippen molar-refractivity contribution in [2.45, 2.75) is 33.2 Å². The van der Waals surface area contributed by atoms with Crippen molar-refractivity contribution in [3.63, 3.8) is 0 Å². The molecule has 0 atom stereocenters. The highest BCUT2D eigenvalue weighted by Gasteiger charge is 2.31. The fraction of sp³-hybridized carbons (Fsp3) is 0.412. The molecule has 134 valence electrons. The highest BCUT2D eigenvalue weighted by molar-refractivity contribution is 5.79. The van der Waals surface area contributed by atoms with Gasteiger partial charge < -0.3 is 4.90 Å². The molecule has 0 radical (unpaired) electrons. The van der Waals surface area contributed by atoms with Crippen molar-refractivity contribution in [2.75, 3.05) is 6.54 Å². The van der Waals surface area contributed by atoms with E-state index in [4.69, 9.17) is 0 Å². The van der Waals surface area contributed by atoms with Crippen LogP contribution in [0.5, 0.6) is 0 Å².